The van der Waals surface area contributed by atoms with Crippen molar-refractivity contribution in [1.29, 1.82) is 0 Å². The average Bonchev–Trinajstić information content (AvgIpc) is 2.46. The Kier molecular flexibility index (Phi) is 3.47. The van der Waals surface area contributed by atoms with Gasteiger partial charge in [0.2, 0.25) is 11.1 Å². The lowest BCUT2D eigenvalue weighted by molar-refractivity contribution is -0.384. The molecule has 1 aliphatic heterocycles. The van der Waals surface area contributed by atoms with Gasteiger partial charge in [-0.3, -0.25) is 10.1 Å². The van der Waals surface area contributed by atoms with Crippen molar-refractivity contribution in [2.75, 3.05) is 4.90 Å². The van der Waals surface area contributed by atoms with Gasteiger partial charge in [-0.05, 0) is 43.0 Å². The summed E-state index contributed by atoms with van der Waals surface area (Å²) in [5.74, 6) is 0.250. The van der Waals surface area contributed by atoms with Crippen molar-refractivity contribution in [3.8, 4) is 0 Å². The van der Waals surface area contributed by atoms with Crippen LogP contribution in [0.2, 0.25) is 5.28 Å². The van der Waals surface area contributed by atoms with Crippen LogP contribution in [0.3, 0.4) is 0 Å². The SMILES string of the molecule is CC1CCc2ccccc2N1c1nc(Cl)ncc1[N+](=O)[O-]. The van der Waals surface area contributed by atoms with Crippen LogP contribution in [0.5, 0.6) is 0 Å². The second-order valence-electron chi connectivity index (χ2n) is 4.99. The third kappa shape index (κ3) is 2.42. The number of rotatable bonds is 2. The Balaban J connectivity index is 2.20. The minimum Gasteiger partial charge on any atom is -0.317 e. The number of halogens is 1. The number of hydrogen-bond donors (Lipinski definition) is 0. The maximum absolute atomic E-state index is 11.3. The Hall–Kier alpha value is -2.21. The van der Waals surface area contributed by atoms with E-state index >= 15 is 0 Å². The molecule has 3 rings (SSSR count). The lowest BCUT2D eigenvalue weighted by Crippen LogP contribution is -2.34. The van der Waals surface area contributed by atoms with Crippen molar-refractivity contribution in [2.24, 2.45) is 0 Å². The lowest BCUT2D eigenvalue weighted by Gasteiger charge is -2.35. The number of nitro groups is 1. The summed E-state index contributed by atoms with van der Waals surface area (Å²) in [6.45, 7) is 2.02. The van der Waals surface area contributed by atoms with Crippen molar-refractivity contribution in [3.63, 3.8) is 0 Å². The minimum atomic E-state index is -0.477. The number of aromatic nitrogens is 2. The molecule has 2 aromatic rings. The predicted octanol–water partition coefficient (Wildman–Crippen LogP) is 3.51. The Morgan fingerprint density at radius 1 is 1.43 bits per heavy atom. The Morgan fingerprint density at radius 3 is 2.95 bits per heavy atom. The van der Waals surface area contributed by atoms with Gasteiger partial charge in [-0.1, -0.05) is 18.2 Å². The molecule has 6 nitrogen and oxygen atoms in total. The molecule has 0 aliphatic carbocycles. The molecule has 1 unspecified atom stereocenters. The first-order chi connectivity index (χ1) is 10.1. The van der Waals surface area contributed by atoms with Gasteiger partial charge in [-0.15, -0.1) is 0 Å². The molecule has 1 aromatic carbocycles. The number of anilines is 2. The van der Waals surface area contributed by atoms with Crippen molar-refractivity contribution < 1.29 is 4.92 Å². The molecule has 2 heterocycles. The maximum atomic E-state index is 11.3. The zero-order chi connectivity index (χ0) is 15.0. The molecule has 0 amide bonds. The molecular weight excluding hydrogens is 292 g/mol. The number of para-hydroxylation sites is 1. The molecule has 0 bridgehead atoms. The fourth-order valence-electron chi connectivity index (χ4n) is 2.66. The molecule has 0 N–H and O–H groups in total. The minimum absolute atomic E-state index is 0.00542. The summed E-state index contributed by atoms with van der Waals surface area (Å²) >= 11 is 5.84. The van der Waals surface area contributed by atoms with Crippen LogP contribution in [0.15, 0.2) is 30.5 Å². The van der Waals surface area contributed by atoms with E-state index in [2.05, 4.69) is 9.97 Å². The zero-order valence-electron chi connectivity index (χ0n) is 11.4. The van der Waals surface area contributed by atoms with Gasteiger partial charge >= 0.3 is 5.69 Å². The van der Waals surface area contributed by atoms with Gasteiger partial charge in [0.15, 0.2) is 0 Å². The highest BCUT2D eigenvalue weighted by Crippen LogP contribution is 2.39. The molecule has 1 atom stereocenters. The third-order valence-electron chi connectivity index (χ3n) is 3.67. The number of fused-ring (bicyclic) bond motifs is 1. The molecule has 7 heteroatoms. The lowest BCUT2D eigenvalue weighted by atomic mass is 9.96. The zero-order valence-corrected chi connectivity index (χ0v) is 12.1. The van der Waals surface area contributed by atoms with Gasteiger partial charge in [-0.2, -0.15) is 4.98 Å². The van der Waals surface area contributed by atoms with E-state index in [-0.39, 0.29) is 22.8 Å². The molecule has 1 aliphatic rings. The van der Waals surface area contributed by atoms with Crippen molar-refractivity contribution in [1.82, 2.24) is 9.97 Å². The number of benzene rings is 1. The first-order valence-electron chi connectivity index (χ1n) is 6.62. The normalized spacial score (nSPS) is 17.4. The highest BCUT2D eigenvalue weighted by molar-refractivity contribution is 6.28. The van der Waals surface area contributed by atoms with E-state index in [1.165, 1.54) is 0 Å². The molecule has 21 heavy (non-hydrogen) atoms. The fraction of sp³-hybridized carbons (Fsp3) is 0.286. The molecule has 0 fully saturated rings. The monoisotopic (exact) mass is 304 g/mol. The Labute approximate surface area is 126 Å². The van der Waals surface area contributed by atoms with Gasteiger partial charge in [0, 0.05) is 11.7 Å². The maximum Gasteiger partial charge on any atom is 0.330 e. The van der Waals surface area contributed by atoms with Crippen LogP contribution in [0.25, 0.3) is 0 Å². The molecule has 0 saturated heterocycles. The second kappa shape index (κ2) is 5.29. The van der Waals surface area contributed by atoms with Crippen molar-refractivity contribution in [3.05, 3.63) is 51.4 Å². The highest BCUT2D eigenvalue weighted by Gasteiger charge is 2.31. The summed E-state index contributed by atoms with van der Waals surface area (Å²) in [7, 11) is 0. The summed E-state index contributed by atoms with van der Waals surface area (Å²) in [5.41, 5.74) is 1.96. The quantitative estimate of drug-likeness (QED) is 0.482. The smallest absolute Gasteiger partial charge is 0.317 e. The molecule has 108 valence electrons. The van der Waals surface area contributed by atoms with Crippen LogP contribution in [0, 0.1) is 10.1 Å². The Morgan fingerprint density at radius 2 is 2.19 bits per heavy atom. The van der Waals surface area contributed by atoms with Gasteiger partial charge < -0.3 is 4.90 Å². The largest absolute Gasteiger partial charge is 0.330 e. The van der Waals surface area contributed by atoms with Gasteiger partial charge in [0.05, 0.1) is 4.92 Å². The van der Waals surface area contributed by atoms with Crippen molar-refractivity contribution in [2.45, 2.75) is 25.8 Å². The van der Waals surface area contributed by atoms with E-state index in [1.807, 2.05) is 36.1 Å². The van der Waals surface area contributed by atoms with Gasteiger partial charge in [-0.25, -0.2) is 4.98 Å². The Bertz CT molecular complexity index is 707. The molecule has 0 spiro atoms. The molecular formula is C14H13ClN4O2. The standard InChI is InChI=1S/C14H13ClN4O2/c1-9-6-7-10-4-2-3-5-11(10)18(9)13-12(19(20)21)8-16-14(15)17-13/h2-5,8-9H,6-7H2,1H3. The van der Waals surface area contributed by atoms with Crippen molar-refractivity contribution >= 4 is 28.8 Å². The summed E-state index contributed by atoms with van der Waals surface area (Å²) < 4.78 is 0. The van der Waals surface area contributed by atoms with Crippen LogP contribution in [-0.4, -0.2) is 20.9 Å². The summed E-state index contributed by atoms with van der Waals surface area (Å²) in [6.07, 6.45) is 3.00. The van der Waals surface area contributed by atoms with Crippen LogP contribution in [-0.2, 0) is 6.42 Å². The topological polar surface area (TPSA) is 72.2 Å². The first-order valence-corrected chi connectivity index (χ1v) is 7.00. The van der Waals surface area contributed by atoms with Crippen LogP contribution in [0.1, 0.15) is 18.9 Å². The predicted molar refractivity (Wildman–Crippen MR) is 80.1 cm³/mol. The van der Waals surface area contributed by atoms with E-state index in [1.54, 1.807) is 0 Å². The van der Waals surface area contributed by atoms with E-state index < -0.39 is 4.92 Å². The van der Waals surface area contributed by atoms with Gasteiger partial charge in [0.25, 0.3) is 0 Å². The highest BCUT2D eigenvalue weighted by atomic mass is 35.5. The second-order valence-corrected chi connectivity index (χ2v) is 5.33. The summed E-state index contributed by atoms with van der Waals surface area (Å²) in [4.78, 5) is 20.5. The van der Waals surface area contributed by atoms with Gasteiger partial charge in [0.1, 0.15) is 6.20 Å². The number of hydrogen-bond acceptors (Lipinski definition) is 5. The van der Waals surface area contributed by atoms with Crippen LogP contribution in [0.4, 0.5) is 17.2 Å². The number of aryl methyl sites for hydroxylation is 1. The number of nitrogens with zero attached hydrogens (tertiary/aromatic N) is 4. The van der Waals surface area contributed by atoms with E-state index in [0.29, 0.717) is 0 Å². The summed E-state index contributed by atoms with van der Waals surface area (Å²) in [6, 6.07) is 7.96. The van der Waals surface area contributed by atoms with E-state index in [0.717, 1.165) is 30.3 Å². The fourth-order valence-corrected chi connectivity index (χ4v) is 2.79. The van der Waals surface area contributed by atoms with Crippen LogP contribution >= 0.6 is 11.6 Å². The van der Waals surface area contributed by atoms with E-state index in [9.17, 15) is 10.1 Å². The molecule has 0 saturated carbocycles. The molecule has 1 aromatic heterocycles. The first kappa shape index (κ1) is 13.8. The third-order valence-corrected chi connectivity index (χ3v) is 3.85. The van der Waals surface area contributed by atoms with E-state index in [4.69, 9.17) is 11.6 Å². The van der Waals surface area contributed by atoms with Crippen LogP contribution < -0.4 is 4.90 Å². The summed E-state index contributed by atoms with van der Waals surface area (Å²) in [5, 5.41) is 11.3. The molecule has 0 radical (unpaired) electrons. The average molecular weight is 305 g/mol.